The van der Waals surface area contributed by atoms with Crippen LogP contribution in [0.25, 0.3) is 0 Å². The van der Waals surface area contributed by atoms with Gasteiger partial charge in [0.15, 0.2) is 0 Å². The predicted molar refractivity (Wildman–Crippen MR) is 67.4 cm³/mol. The van der Waals surface area contributed by atoms with Crippen molar-refractivity contribution in [3.05, 3.63) is 29.8 Å². The molecule has 0 spiro atoms. The SMILES string of the molecule is COC(=O)CN(CC(=O)OC)c1cccc(C)c1. The summed E-state index contributed by atoms with van der Waals surface area (Å²) in [5.41, 5.74) is 1.83. The van der Waals surface area contributed by atoms with E-state index in [1.165, 1.54) is 14.2 Å². The first-order chi connectivity index (χ1) is 8.56. The summed E-state index contributed by atoms with van der Waals surface area (Å²) < 4.78 is 9.23. The highest BCUT2D eigenvalue weighted by Gasteiger charge is 2.15. The largest absolute Gasteiger partial charge is 0.468 e. The summed E-state index contributed by atoms with van der Waals surface area (Å²) in [4.78, 5) is 24.3. The number of methoxy groups -OCH3 is 2. The molecule has 0 saturated heterocycles. The van der Waals surface area contributed by atoms with Crippen LogP contribution < -0.4 is 4.90 Å². The molecule has 0 aromatic heterocycles. The average molecular weight is 251 g/mol. The number of hydrogen-bond donors (Lipinski definition) is 0. The second-order valence-corrected chi connectivity index (χ2v) is 3.85. The number of ether oxygens (including phenoxy) is 2. The molecule has 0 atom stereocenters. The quantitative estimate of drug-likeness (QED) is 0.735. The Kier molecular flexibility index (Phi) is 5.17. The van der Waals surface area contributed by atoms with E-state index in [1.807, 2.05) is 31.2 Å². The van der Waals surface area contributed by atoms with Gasteiger partial charge in [-0.1, -0.05) is 12.1 Å². The third-order valence-corrected chi connectivity index (χ3v) is 2.46. The molecule has 5 nitrogen and oxygen atoms in total. The molecule has 0 heterocycles. The van der Waals surface area contributed by atoms with E-state index >= 15 is 0 Å². The molecule has 1 rings (SSSR count). The fraction of sp³-hybridized carbons (Fsp3) is 0.385. The van der Waals surface area contributed by atoms with Crippen molar-refractivity contribution in [2.45, 2.75) is 6.92 Å². The Bertz CT molecular complexity index is 413. The summed E-state index contributed by atoms with van der Waals surface area (Å²) in [5, 5.41) is 0. The normalized spacial score (nSPS) is 9.72. The van der Waals surface area contributed by atoms with Gasteiger partial charge in [-0.25, -0.2) is 0 Å². The zero-order chi connectivity index (χ0) is 13.5. The van der Waals surface area contributed by atoms with Crippen LogP contribution in [-0.4, -0.2) is 39.2 Å². The number of esters is 2. The predicted octanol–water partition coefficient (Wildman–Crippen LogP) is 1.15. The maximum atomic E-state index is 11.3. The molecule has 0 aliphatic rings. The zero-order valence-corrected chi connectivity index (χ0v) is 10.8. The highest BCUT2D eigenvalue weighted by molar-refractivity contribution is 5.81. The van der Waals surface area contributed by atoms with Gasteiger partial charge in [0.25, 0.3) is 0 Å². The number of rotatable bonds is 5. The Hall–Kier alpha value is -2.04. The van der Waals surface area contributed by atoms with Crippen molar-refractivity contribution in [1.82, 2.24) is 0 Å². The fourth-order valence-corrected chi connectivity index (χ4v) is 1.50. The lowest BCUT2D eigenvalue weighted by atomic mass is 10.2. The Morgan fingerprint density at radius 3 is 2.11 bits per heavy atom. The fourth-order valence-electron chi connectivity index (χ4n) is 1.50. The van der Waals surface area contributed by atoms with Crippen molar-refractivity contribution in [2.24, 2.45) is 0 Å². The van der Waals surface area contributed by atoms with Crippen molar-refractivity contribution >= 4 is 17.6 Å². The summed E-state index contributed by atoms with van der Waals surface area (Å²) in [6.45, 7) is 1.96. The molecular weight excluding hydrogens is 234 g/mol. The number of carbonyl (C=O) groups is 2. The summed E-state index contributed by atoms with van der Waals surface area (Å²) in [6.07, 6.45) is 0. The molecule has 18 heavy (non-hydrogen) atoms. The van der Waals surface area contributed by atoms with Crippen LogP contribution in [0, 0.1) is 6.92 Å². The Balaban J connectivity index is 2.88. The lowest BCUT2D eigenvalue weighted by molar-refractivity contribution is -0.140. The van der Waals surface area contributed by atoms with Crippen LogP contribution in [-0.2, 0) is 19.1 Å². The minimum Gasteiger partial charge on any atom is -0.468 e. The van der Waals surface area contributed by atoms with Gasteiger partial charge in [0.1, 0.15) is 13.1 Å². The first-order valence-electron chi connectivity index (χ1n) is 5.52. The first-order valence-corrected chi connectivity index (χ1v) is 5.52. The highest BCUT2D eigenvalue weighted by atomic mass is 16.5. The third-order valence-electron chi connectivity index (χ3n) is 2.46. The minimum absolute atomic E-state index is 0.00898. The molecule has 0 amide bonds. The van der Waals surface area contributed by atoms with Gasteiger partial charge in [0.05, 0.1) is 14.2 Å². The van der Waals surface area contributed by atoms with Crippen molar-refractivity contribution in [3.63, 3.8) is 0 Å². The maximum Gasteiger partial charge on any atom is 0.325 e. The molecule has 0 N–H and O–H groups in total. The van der Waals surface area contributed by atoms with Crippen molar-refractivity contribution in [2.75, 3.05) is 32.2 Å². The highest BCUT2D eigenvalue weighted by Crippen LogP contribution is 2.15. The van der Waals surface area contributed by atoms with E-state index < -0.39 is 11.9 Å². The van der Waals surface area contributed by atoms with Crippen LogP contribution in [0.2, 0.25) is 0 Å². The van der Waals surface area contributed by atoms with Gasteiger partial charge >= 0.3 is 11.9 Å². The Labute approximate surface area is 106 Å². The van der Waals surface area contributed by atoms with Crippen LogP contribution in [0.1, 0.15) is 5.56 Å². The zero-order valence-electron chi connectivity index (χ0n) is 10.8. The smallest absolute Gasteiger partial charge is 0.325 e. The molecule has 0 unspecified atom stereocenters. The van der Waals surface area contributed by atoms with Crippen LogP contribution in [0.3, 0.4) is 0 Å². The van der Waals surface area contributed by atoms with Crippen LogP contribution >= 0.6 is 0 Å². The van der Waals surface area contributed by atoms with Crippen molar-refractivity contribution < 1.29 is 19.1 Å². The number of aryl methyl sites for hydroxylation is 1. The summed E-state index contributed by atoms with van der Waals surface area (Å²) >= 11 is 0. The lowest BCUT2D eigenvalue weighted by Crippen LogP contribution is -2.35. The molecule has 0 aliphatic heterocycles. The topological polar surface area (TPSA) is 55.8 Å². The molecule has 0 aliphatic carbocycles. The monoisotopic (exact) mass is 251 g/mol. The third kappa shape index (κ3) is 4.08. The number of hydrogen-bond acceptors (Lipinski definition) is 5. The second-order valence-electron chi connectivity index (χ2n) is 3.85. The van der Waals surface area contributed by atoms with Crippen LogP contribution in [0.15, 0.2) is 24.3 Å². The molecule has 98 valence electrons. The van der Waals surface area contributed by atoms with Gasteiger partial charge < -0.3 is 14.4 Å². The molecule has 5 heteroatoms. The number of anilines is 1. The lowest BCUT2D eigenvalue weighted by Gasteiger charge is -2.22. The minimum atomic E-state index is -0.402. The van der Waals surface area contributed by atoms with E-state index in [0.717, 1.165) is 11.3 Å². The van der Waals surface area contributed by atoms with Crippen LogP contribution in [0.5, 0.6) is 0 Å². The van der Waals surface area contributed by atoms with Gasteiger partial charge in [0.2, 0.25) is 0 Å². The maximum absolute atomic E-state index is 11.3. The van der Waals surface area contributed by atoms with E-state index in [2.05, 4.69) is 9.47 Å². The molecule has 0 bridgehead atoms. The van der Waals surface area contributed by atoms with Crippen LogP contribution in [0.4, 0.5) is 5.69 Å². The van der Waals surface area contributed by atoms with E-state index in [0.29, 0.717) is 0 Å². The van der Waals surface area contributed by atoms with Gasteiger partial charge in [-0.15, -0.1) is 0 Å². The van der Waals surface area contributed by atoms with Gasteiger partial charge in [0, 0.05) is 5.69 Å². The summed E-state index contributed by atoms with van der Waals surface area (Å²) in [7, 11) is 2.63. The number of carbonyl (C=O) groups excluding carboxylic acids is 2. The Morgan fingerprint density at radius 2 is 1.67 bits per heavy atom. The molecule has 0 radical (unpaired) electrons. The average Bonchev–Trinajstić information content (AvgIpc) is 2.37. The van der Waals surface area contributed by atoms with Crippen molar-refractivity contribution in [3.8, 4) is 0 Å². The van der Waals surface area contributed by atoms with E-state index in [4.69, 9.17) is 0 Å². The van der Waals surface area contributed by atoms with E-state index in [1.54, 1.807) is 4.90 Å². The standard InChI is InChI=1S/C13H17NO4/c1-10-5-4-6-11(7-10)14(8-12(15)17-2)9-13(16)18-3/h4-7H,8-9H2,1-3H3. The molecular formula is C13H17NO4. The second kappa shape index (κ2) is 6.64. The van der Waals surface area contributed by atoms with Gasteiger partial charge in [-0.05, 0) is 24.6 Å². The van der Waals surface area contributed by atoms with E-state index in [9.17, 15) is 9.59 Å². The van der Waals surface area contributed by atoms with Crippen molar-refractivity contribution in [1.29, 1.82) is 0 Å². The summed E-state index contributed by atoms with van der Waals surface area (Å²) in [5.74, 6) is -0.805. The first kappa shape index (κ1) is 14.0. The van der Waals surface area contributed by atoms with Gasteiger partial charge in [-0.2, -0.15) is 0 Å². The molecule has 0 saturated carbocycles. The molecule has 0 fully saturated rings. The van der Waals surface area contributed by atoms with Gasteiger partial charge in [-0.3, -0.25) is 9.59 Å². The number of nitrogens with zero attached hydrogens (tertiary/aromatic N) is 1. The Morgan fingerprint density at radius 1 is 1.11 bits per heavy atom. The van der Waals surface area contributed by atoms with E-state index in [-0.39, 0.29) is 13.1 Å². The summed E-state index contributed by atoms with van der Waals surface area (Å²) in [6, 6.07) is 7.54. The molecule has 1 aromatic carbocycles. The molecule has 1 aromatic rings. The number of benzene rings is 1.